The van der Waals surface area contributed by atoms with Crippen LogP contribution in [0.2, 0.25) is 0 Å². The van der Waals surface area contributed by atoms with Crippen molar-refractivity contribution in [2.45, 2.75) is 46.2 Å². The number of hydrogen-bond donors (Lipinski definition) is 2. The molecular formula is C19H24N2O3. The van der Waals surface area contributed by atoms with Crippen molar-refractivity contribution in [3.8, 4) is 0 Å². The number of aromatic nitrogens is 1. The molecule has 2 aromatic rings. The van der Waals surface area contributed by atoms with Gasteiger partial charge in [-0.15, -0.1) is 0 Å². The Kier molecular flexibility index (Phi) is 5.44. The van der Waals surface area contributed by atoms with Crippen molar-refractivity contribution in [2.24, 2.45) is 0 Å². The van der Waals surface area contributed by atoms with Crippen LogP contribution < -0.4 is 5.32 Å². The lowest BCUT2D eigenvalue weighted by Gasteiger charge is -2.16. The third-order valence-corrected chi connectivity index (χ3v) is 4.13. The number of aryl methyl sites for hydroxylation is 1. The van der Waals surface area contributed by atoms with Crippen molar-refractivity contribution >= 4 is 11.9 Å². The maximum absolute atomic E-state index is 12.6. The fraction of sp³-hybridized carbons (Fsp3) is 0.368. The molecule has 1 aromatic heterocycles. The Labute approximate surface area is 142 Å². The second kappa shape index (κ2) is 7.34. The predicted octanol–water partition coefficient (Wildman–Crippen LogP) is 3.11. The molecule has 1 aromatic carbocycles. The Morgan fingerprint density at radius 1 is 1.17 bits per heavy atom. The van der Waals surface area contributed by atoms with Gasteiger partial charge in [0.2, 0.25) is 0 Å². The minimum atomic E-state index is -1.04. The summed E-state index contributed by atoms with van der Waals surface area (Å²) in [4.78, 5) is 24.1. The van der Waals surface area contributed by atoms with Gasteiger partial charge in [-0.05, 0) is 39.3 Å². The zero-order chi connectivity index (χ0) is 17.9. The predicted molar refractivity (Wildman–Crippen MR) is 93.3 cm³/mol. The van der Waals surface area contributed by atoms with E-state index in [0.29, 0.717) is 5.56 Å². The maximum Gasteiger partial charge on any atom is 0.326 e. The molecule has 0 saturated heterocycles. The highest BCUT2D eigenvalue weighted by molar-refractivity contribution is 5.98. The molecule has 128 valence electrons. The van der Waals surface area contributed by atoms with E-state index in [1.807, 2.05) is 50.2 Å². The van der Waals surface area contributed by atoms with Gasteiger partial charge < -0.3 is 15.0 Å². The lowest BCUT2D eigenvalue weighted by Crippen LogP contribution is -2.42. The van der Waals surface area contributed by atoms with Crippen LogP contribution in [-0.4, -0.2) is 27.6 Å². The summed E-state index contributed by atoms with van der Waals surface area (Å²) in [6.45, 7) is 7.94. The normalized spacial score (nSPS) is 12.2. The largest absolute Gasteiger partial charge is 0.480 e. The quantitative estimate of drug-likeness (QED) is 0.856. The molecule has 0 unspecified atom stereocenters. The average molecular weight is 328 g/mol. The maximum atomic E-state index is 12.6. The van der Waals surface area contributed by atoms with Crippen molar-refractivity contribution in [2.75, 3.05) is 0 Å². The van der Waals surface area contributed by atoms with Crippen LogP contribution in [0.3, 0.4) is 0 Å². The highest BCUT2D eigenvalue weighted by Crippen LogP contribution is 2.20. The first-order chi connectivity index (χ1) is 11.3. The summed E-state index contributed by atoms with van der Waals surface area (Å²) in [5.41, 5.74) is 3.24. The number of carboxylic acids is 1. The second-order valence-corrected chi connectivity index (χ2v) is 6.30. The summed E-state index contributed by atoms with van der Waals surface area (Å²) in [6.07, 6.45) is 0.255. The van der Waals surface area contributed by atoms with E-state index in [2.05, 4.69) is 23.7 Å². The standard InChI is InChI=1S/C19H24N2O3/c1-12(2)21-13(3)10-16(14(21)4)18(22)20-17(19(23)24)11-15-8-6-5-7-9-15/h5-10,12,17H,11H2,1-4H3,(H,20,22)(H,23,24)/t17-/m0/s1. The highest BCUT2D eigenvalue weighted by Gasteiger charge is 2.24. The van der Waals surface area contributed by atoms with Gasteiger partial charge in [0.05, 0.1) is 5.56 Å². The molecule has 1 amide bonds. The number of carbonyl (C=O) groups excluding carboxylic acids is 1. The van der Waals surface area contributed by atoms with Gasteiger partial charge in [-0.3, -0.25) is 4.79 Å². The molecule has 0 spiro atoms. The first-order valence-corrected chi connectivity index (χ1v) is 8.07. The molecule has 5 nitrogen and oxygen atoms in total. The van der Waals surface area contributed by atoms with Gasteiger partial charge in [-0.1, -0.05) is 30.3 Å². The van der Waals surface area contributed by atoms with Gasteiger partial charge in [-0.25, -0.2) is 4.79 Å². The monoisotopic (exact) mass is 328 g/mol. The Morgan fingerprint density at radius 2 is 1.79 bits per heavy atom. The minimum Gasteiger partial charge on any atom is -0.480 e. The van der Waals surface area contributed by atoms with Crippen molar-refractivity contribution in [3.63, 3.8) is 0 Å². The summed E-state index contributed by atoms with van der Waals surface area (Å²) in [6, 6.07) is 10.4. The molecule has 0 aliphatic carbocycles. The fourth-order valence-electron chi connectivity index (χ4n) is 3.09. The summed E-state index contributed by atoms with van der Waals surface area (Å²) >= 11 is 0. The molecule has 2 rings (SSSR count). The zero-order valence-electron chi connectivity index (χ0n) is 14.5. The van der Waals surface area contributed by atoms with E-state index in [1.54, 1.807) is 0 Å². The molecule has 0 saturated carbocycles. The summed E-state index contributed by atoms with van der Waals surface area (Å²) in [5.74, 6) is -1.39. The van der Waals surface area contributed by atoms with Gasteiger partial charge in [0.25, 0.3) is 5.91 Å². The van der Waals surface area contributed by atoms with Crippen LogP contribution in [0.5, 0.6) is 0 Å². The Balaban J connectivity index is 2.20. The van der Waals surface area contributed by atoms with Crippen molar-refractivity contribution in [1.29, 1.82) is 0 Å². The van der Waals surface area contributed by atoms with Crippen LogP contribution in [0.4, 0.5) is 0 Å². The van der Waals surface area contributed by atoms with E-state index in [-0.39, 0.29) is 18.4 Å². The van der Waals surface area contributed by atoms with E-state index >= 15 is 0 Å². The van der Waals surface area contributed by atoms with Crippen LogP contribution in [0.1, 0.15) is 47.2 Å². The number of nitrogens with zero attached hydrogens (tertiary/aromatic N) is 1. The van der Waals surface area contributed by atoms with Crippen LogP contribution >= 0.6 is 0 Å². The van der Waals surface area contributed by atoms with Crippen LogP contribution in [0.25, 0.3) is 0 Å². The molecule has 0 fully saturated rings. The minimum absolute atomic E-state index is 0.242. The van der Waals surface area contributed by atoms with Crippen LogP contribution in [0, 0.1) is 13.8 Å². The topological polar surface area (TPSA) is 71.3 Å². The molecule has 0 radical (unpaired) electrons. The number of amides is 1. The van der Waals surface area contributed by atoms with E-state index < -0.39 is 12.0 Å². The highest BCUT2D eigenvalue weighted by atomic mass is 16.4. The molecular weight excluding hydrogens is 304 g/mol. The Morgan fingerprint density at radius 3 is 2.29 bits per heavy atom. The molecule has 0 aliphatic rings. The molecule has 5 heteroatoms. The summed E-state index contributed by atoms with van der Waals surface area (Å²) < 4.78 is 2.07. The fourth-order valence-corrected chi connectivity index (χ4v) is 3.09. The molecule has 24 heavy (non-hydrogen) atoms. The van der Waals surface area contributed by atoms with Crippen molar-refractivity contribution in [1.82, 2.24) is 9.88 Å². The second-order valence-electron chi connectivity index (χ2n) is 6.30. The smallest absolute Gasteiger partial charge is 0.326 e. The third kappa shape index (κ3) is 3.85. The number of nitrogens with one attached hydrogen (secondary N) is 1. The van der Waals surface area contributed by atoms with Gasteiger partial charge in [0.1, 0.15) is 6.04 Å². The lowest BCUT2D eigenvalue weighted by atomic mass is 10.1. The first kappa shape index (κ1) is 17.8. The first-order valence-electron chi connectivity index (χ1n) is 8.07. The SMILES string of the molecule is Cc1cc(C(=O)N[C@@H](Cc2ccccc2)C(=O)O)c(C)n1C(C)C. The van der Waals surface area contributed by atoms with Gasteiger partial charge in [0.15, 0.2) is 0 Å². The third-order valence-electron chi connectivity index (χ3n) is 4.13. The number of hydrogen-bond acceptors (Lipinski definition) is 2. The Bertz CT molecular complexity index is 733. The molecule has 0 aliphatic heterocycles. The van der Waals surface area contributed by atoms with E-state index in [4.69, 9.17) is 0 Å². The van der Waals surface area contributed by atoms with Crippen molar-refractivity contribution in [3.05, 3.63) is 58.9 Å². The molecule has 2 N–H and O–H groups in total. The number of carbonyl (C=O) groups is 2. The number of benzene rings is 1. The van der Waals surface area contributed by atoms with Crippen molar-refractivity contribution < 1.29 is 14.7 Å². The van der Waals surface area contributed by atoms with E-state index in [0.717, 1.165) is 17.0 Å². The van der Waals surface area contributed by atoms with Crippen LogP contribution in [-0.2, 0) is 11.2 Å². The van der Waals surface area contributed by atoms with E-state index in [9.17, 15) is 14.7 Å². The van der Waals surface area contributed by atoms with Gasteiger partial charge in [-0.2, -0.15) is 0 Å². The Hall–Kier alpha value is -2.56. The average Bonchev–Trinajstić information content (AvgIpc) is 2.82. The molecule has 1 atom stereocenters. The molecule has 1 heterocycles. The number of carboxylic acid groups (broad SMARTS) is 1. The number of aliphatic carboxylic acids is 1. The number of rotatable bonds is 6. The van der Waals surface area contributed by atoms with E-state index in [1.165, 1.54) is 0 Å². The summed E-state index contributed by atoms with van der Waals surface area (Å²) in [5, 5.41) is 12.1. The van der Waals surface area contributed by atoms with Crippen LogP contribution in [0.15, 0.2) is 36.4 Å². The van der Waals surface area contributed by atoms with Gasteiger partial charge >= 0.3 is 5.97 Å². The lowest BCUT2D eigenvalue weighted by molar-refractivity contribution is -0.139. The zero-order valence-corrected chi connectivity index (χ0v) is 14.5. The van der Waals surface area contributed by atoms with Gasteiger partial charge in [0, 0.05) is 23.9 Å². The molecule has 0 bridgehead atoms. The summed E-state index contributed by atoms with van der Waals surface area (Å²) in [7, 11) is 0.